The predicted octanol–water partition coefficient (Wildman–Crippen LogP) is 13.3. The predicted molar refractivity (Wildman–Crippen MR) is 320 cm³/mol. The van der Waals surface area contributed by atoms with Crippen molar-refractivity contribution in [1.29, 1.82) is 0 Å². The number of benzene rings is 5. The molecule has 0 saturated carbocycles. The van der Waals surface area contributed by atoms with Gasteiger partial charge in [-0.1, -0.05) is 96.8 Å². The van der Waals surface area contributed by atoms with Gasteiger partial charge in [0.2, 0.25) is 0 Å². The van der Waals surface area contributed by atoms with Gasteiger partial charge >= 0.3 is 35.8 Å². The van der Waals surface area contributed by atoms with Crippen LogP contribution in [0.1, 0.15) is 161 Å². The third-order valence-electron chi connectivity index (χ3n) is 12.1. The Kier molecular flexibility index (Phi) is 40.6. The number of methoxy groups -OCH3 is 10. The highest BCUT2D eigenvalue weighted by Gasteiger charge is 2.13. The van der Waals surface area contributed by atoms with Crippen molar-refractivity contribution in [2.75, 3.05) is 71.1 Å². The summed E-state index contributed by atoms with van der Waals surface area (Å²) in [6.07, 6.45) is 20.2. The molecule has 5 aromatic carbocycles. The van der Waals surface area contributed by atoms with Crippen LogP contribution in [0.2, 0.25) is 0 Å². The number of unbranched alkanes of at least 4 members (excludes halogenated alkanes) is 14. The van der Waals surface area contributed by atoms with Crippen molar-refractivity contribution < 1.29 is 107 Å². The van der Waals surface area contributed by atoms with Gasteiger partial charge in [0.1, 0.15) is 0 Å². The molecule has 0 fully saturated rings. The molecule has 5 aromatic rings. The van der Waals surface area contributed by atoms with Crippen molar-refractivity contribution in [2.45, 2.75) is 110 Å². The first-order valence-corrected chi connectivity index (χ1v) is 27.2. The van der Waals surface area contributed by atoms with E-state index >= 15 is 0 Å². The molecule has 0 aliphatic carbocycles. The Morgan fingerprint density at radius 3 is 0.565 bits per heavy atom. The lowest BCUT2D eigenvalue weighted by atomic mass is 10.0. The Morgan fingerprint density at radius 2 is 0.424 bits per heavy atom. The molecule has 470 valence electrons. The third-order valence-corrected chi connectivity index (χ3v) is 12.1. The van der Waals surface area contributed by atoms with Crippen molar-refractivity contribution in [3.8, 4) is 57.5 Å². The van der Waals surface area contributed by atoms with E-state index in [0.29, 0.717) is 63.9 Å². The van der Waals surface area contributed by atoms with Crippen LogP contribution < -0.4 is 47.4 Å². The zero-order chi connectivity index (χ0) is 64.1. The van der Waals surface area contributed by atoms with E-state index in [1.807, 2.05) is 0 Å². The second-order valence-corrected chi connectivity index (χ2v) is 18.0. The van der Waals surface area contributed by atoms with Gasteiger partial charge in [-0.05, 0) is 97.4 Å². The summed E-state index contributed by atoms with van der Waals surface area (Å²) in [4.78, 5) is 63.2. The molecule has 5 rings (SSSR count). The largest absolute Gasteiger partial charge is 0.493 e. The normalized spacial score (nSPS) is 9.73. The Hall–Kier alpha value is -9.08. The molecule has 0 spiro atoms. The van der Waals surface area contributed by atoms with Crippen molar-refractivity contribution in [3.63, 3.8) is 0 Å². The van der Waals surface area contributed by atoms with Crippen LogP contribution >= 0.6 is 0 Å². The molecule has 0 heterocycles. The van der Waals surface area contributed by atoms with Crippen molar-refractivity contribution >= 4 is 35.8 Å². The lowest BCUT2D eigenvalue weighted by Gasteiger charge is -2.07. The Balaban J connectivity index is 0.00000100. The summed E-state index contributed by atoms with van der Waals surface area (Å²) in [5.41, 5.74) is 0.892. The quantitative estimate of drug-likeness (QED) is 0.0225. The minimum absolute atomic E-state index is 0.178. The molecule has 6 N–H and O–H groups in total. The number of carboxylic acid groups (broad SMARTS) is 6. The smallest absolute Gasteiger partial charge is 0.335 e. The molecular weight excluding hydrogens is 1110 g/mol. The Labute approximate surface area is 498 Å². The maximum atomic E-state index is 10.6. The summed E-state index contributed by atoms with van der Waals surface area (Å²) < 4.78 is 49.5. The first-order chi connectivity index (χ1) is 40.7. The van der Waals surface area contributed by atoms with Gasteiger partial charge in [0.05, 0.1) is 98.9 Å². The van der Waals surface area contributed by atoms with E-state index in [2.05, 4.69) is 6.92 Å². The number of ether oxygens (including phenoxy) is 10. The highest BCUT2D eigenvalue weighted by atomic mass is 16.5. The van der Waals surface area contributed by atoms with E-state index in [0.717, 1.165) is 12.8 Å². The lowest BCUT2D eigenvalue weighted by Crippen LogP contribution is -1.98. The fraction of sp³-hybridized carbons (Fsp3) is 0.429. The molecule has 0 saturated heterocycles. The third kappa shape index (κ3) is 31.2. The molecular formula is C63H86O22. The maximum Gasteiger partial charge on any atom is 0.335 e. The van der Waals surface area contributed by atoms with Crippen molar-refractivity contribution in [3.05, 3.63) is 119 Å². The van der Waals surface area contributed by atoms with Crippen LogP contribution in [-0.4, -0.2) is 138 Å². The summed E-state index contributed by atoms with van der Waals surface area (Å²) in [7, 11) is 14.8. The molecule has 22 nitrogen and oxygen atoms in total. The van der Waals surface area contributed by atoms with Crippen LogP contribution in [0, 0.1) is 0 Å². The van der Waals surface area contributed by atoms with E-state index < -0.39 is 35.8 Å². The van der Waals surface area contributed by atoms with Crippen LogP contribution in [-0.2, 0) is 4.79 Å². The van der Waals surface area contributed by atoms with Crippen LogP contribution in [0.3, 0.4) is 0 Å². The lowest BCUT2D eigenvalue weighted by molar-refractivity contribution is -0.137. The van der Waals surface area contributed by atoms with E-state index in [9.17, 15) is 28.8 Å². The van der Waals surface area contributed by atoms with Gasteiger partial charge in [-0.3, -0.25) is 4.79 Å². The van der Waals surface area contributed by atoms with E-state index in [-0.39, 0.29) is 27.8 Å². The molecule has 0 radical (unpaired) electrons. The van der Waals surface area contributed by atoms with Crippen molar-refractivity contribution in [2.24, 2.45) is 0 Å². The average molecular weight is 1200 g/mol. The molecule has 0 amide bonds. The Bertz CT molecular complexity index is 2380. The fourth-order valence-corrected chi connectivity index (χ4v) is 7.49. The number of aromatic carboxylic acids is 5. The molecule has 22 heteroatoms. The van der Waals surface area contributed by atoms with Gasteiger partial charge in [-0.2, -0.15) is 0 Å². The molecule has 0 aromatic heterocycles. The van der Waals surface area contributed by atoms with E-state index in [1.54, 1.807) is 30.3 Å². The highest BCUT2D eigenvalue weighted by Crippen LogP contribution is 2.31. The van der Waals surface area contributed by atoms with Crippen LogP contribution in [0.5, 0.6) is 57.5 Å². The maximum absolute atomic E-state index is 10.6. The number of aliphatic carboxylic acids is 1. The molecule has 0 atom stereocenters. The summed E-state index contributed by atoms with van der Waals surface area (Å²) in [6.45, 7) is 2.27. The minimum Gasteiger partial charge on any atom is -0.493 e. The number of carboxylic acids is 6. The number of rotatable bonds is 31. The standard InChI is InChI=1S/C18H36O2.5C9H10O4/c1-2-3-4-5-6-7-8-9-10-11-12-13-14-15-16-17-18(19)20;5*1-12-7-4-3-6(9(10)11)5-8(7)13-2/h2-17H2,1H3,(H,19,20);5*3-5H,1-2H3,(H,10,11). The summed E-state index contributed by atoms with van der Waals surface area (Å²) in [5.74, 6) is -0.881. The fourth-order valence-electron chi connectivity index (χ4n) is 7.49. The first-order valence-electron chi connectivity index (χ1n) is 27.2. The molecule has 0 bridgehead atoms. The van der Waals surface area contributed by atoms with Gasteiger partial charge in [0.25, 0.3) is 0 Å². The van der Waals surface area contributed by atoms with Gasteiger partial charge in [0, 0.05) is 6.42 Å². The van der Waals surface area contributed by atoms with Crippen molar-refractivity contribution in [1.82, 2.24) is 0 Å². The summed E-state index contributed by atoms with van der Waals surface area (Å²) in [5, 5.41) is 51.9. The Morgan fingerprint density at radius 1 is 0.259 bits per heavy atom. The topological polar surface area (TPSA) is 316 Å². The van der Waals surface area contributed by atoms with Crippen LogP contribution in [0.25, 0.3) is 0 Å². The van der Waals surface area contributed by atoms with E-state index in [1.165, 1.54) is 215 Å². The molecule has 0 aliphatic rings. The van der Waals surface area contributed by atoms with Crippen LogP contribution in [0.4, 0.5) is 0 Å². The number of hydrogen-bond donors (Lipinski definition) is 6. The van der Waals surface area contributed by atoms with Gasteiger partial charge < -0.3 is 78.0 Å². The highest BCUT2D eigenvalue weighted by molar-refractivity contribution is 5.90. The first kappa shape index (κ1) is 75.9. The molecule has 0 aliphatic heterocycles. The monoisotopic (exact) mass is 1190 g/mol. The number of hydrogen-bond acceptors (Lipinski definition) is 16. The van der Waals surface area contributed by atoms with Crippen LogP contribution in [0.15, 0.2) is 91.0 Å². The van der Waals surface area contributed by atoms with Gasteiger partial charge in [0.15, 0.2) is 57.5 Å². The average Bonchev–Trinajstić information content (AvgIpc) is 3.72. The molecule has 85 heavy (non-hydrogen) atoms. The minimum atomic E-state index is -0.985. The van der Waals surface area contributed by atoms with E-state index in [4.69, 9.17) is 78.0 Å². The second kappa shape index (κ2) is 45.4. The SMILES string of the molecule is CCCCCCCCCCCCCCCCCC(=O)O.COc1ccc(C(=O)O)cc1OC.COc1ccc(C(=O)O)cc1OC.COc1ccc(C(=O)O)cc1OC.COc1ccc(C(=O)O)cc1OC.COc1ccc(C(=O)O)cc1OC. The number of carbonyl (C=O) groups is 6. The summed E-state index contributed by atoms with van der Waals surface area (Å²) in [6, 6.07) is 22.2. The van der Waals surface area contributed by atoms with Gasteiger partial charge in [-0.25, -0.2) is 24.0 Å². The van der Waals surface area contributed by atoms with Gasteiger partial charge in [-0.15, -0.1) is 0 Å². The molecule has 0 unspecified atom stereocenters. The zero-order valence-corrected chi connectivity index (χ0v) is 50.7. The zero-order valence-electron chi connectivity index (χ0n) is 50.7. The second-order valence-electron chi connectivity index (χ2n) is 18.0. The summed E-state index contributed by atoms with van der Waals surface area (Å²) >= 11 is 0.